The van der Waals surface area contributed by atoms with Crippen molar-refractivity contribution in [2.45, 2.75) is 44.7 Å². The number of benzene rings is 1. The van der Waals surface area contributed by atoms with E-state index >= 15 is 0 Å². The summed E-state index contributed by atoms with van der Waals surface area (Å²) in [6.45, 7) is 1.06. The highest BCUT2D eigenvalue weighted by Crippen LogP contribution is 2.28. The van der Waals surface area contributed by atoms with Gasteiger partial charge < -0.3 is 10.6 Å². The number of unbranched alkanes of at least 4 members (excludes halogenated alkanes) is 2. The van der Waals surface area contributed by atoms with Gasteiger partial charge in [-0.2, -0.15) is 0 Å². The maximum atomic E-state index is 12.6. The van der Waals surface area contributed by atoms with Crippen molar-refractivity contribution in [3.05, 3.63) is 34.9 Å². The summed E-state index contributed by atoms with van der Waals surface area (Å²) >= 11 is 0. The summed E-state index contributed by atoms with van der Waals surface area (Å²) in [5.74, 6) is 5.40. The monoisotopic (exact) mass is 375 g/mol. The zero-order valence-electron chi connectivity index (χ0n) is 14.4. The van der Waals surface area contributed by atoms with Gasteiger partial charge in [-0.05, 0) is 49.6 Å². The van der Waals surface area contributed by atoms with Crippen molar-refractivity contribution >= 4 is 30.1 Å². The number of nitrogens with two attached hydrogens (primary N) is 1. The average Bonchev–Trinajstić information content (AvgIpc) is 2.91. The van der Waals surface area contributed by atoms with E-state index in [1.54, 1.807) is 11.0 Å². The minimum absolute atomic E-state index is 0. The van der Waals surface area contributed by atoms with Gasteiger partial charge in [-0.15, -0.1) is 12.4 Å². The molecule has 0 spiro atoms. The van der Waals surface area contributed by atoms with E-state index in [0.29, 0.717) is 25.1 Å². The quantitative estimate of drug-likeness (QED) is 0.472. The fourth-order valence-electron chi connectivity index (χ4n) is 3.17. The molecule has 3 N–H and O–H groups in total. The van der Waals surface area contributed by atoms with Crippen LogP contribution >= 0.6 is 12.4 Å². The van der Waals surface area contributed by atoms with E-state index < -0.39 is 11.9 Å². The SMILES string of the molecule is Cl.NCCCCC#Cc1ccc2c(c1)CN(C1CCC(=O)NC1=O)C2=O. The molecule has 0 aromatic heterocycles. The number of imide groups is 1. The van der Waals surface area contributed by atoms with Crippen LogP contribution in [0.25, 0.3) is 0 Å². The minimum atomic E-state index is -0.580. The number of rotatable bonds is 4. The lowest BCUT2D eigenvalue weighted by Crippen LogP contribution is -2.52. The molecular weight excluding hydrogens is 354 g/mol. The minimum Gasteiger partial charge on any atom is -0.330 e. The first-order valence-electron chi connectivity index (χ1n) is 8.56. The third kappa shape index (κ3) is 4.24. The summed E-state index contributed by atoms with van der Waals surface area (Å²) in [4.78, 5) is 37.4. The van der Waals surface area contributed by atoms with Crippen LogP contribution in [0.4, 0.5) is 0 Å². The van der Waals surface area contributed by atoms with Crippen molar-refractivity contribution in [2.75, 3.05) is 6.54 Å². The van der Waals surface area contributed by atoms with E-state index in [0.717, 1.165) is 30.4 Å². The molecule has 1 unspecified atom stereocenters. The molecule has 0 bridgehead atoms. The highest BCUT2D eigenvalue weighted by Gasteiger charge is 2.38. The third-order valence-corrected chi connectivity index (χ3v) is 4.51. The lowest BCUT2D eigenvalue weighted by molar-refractivity contribution is -0.136. The Hall–Kier alpha value is -2.36. The molecule has 2 aliphatic heterocycles. The van der Waals surface area contributed by atoms with Crippen molar-refractivity contribution < 1.29 is 14.4 Å². The average molecular weight is 376 g/mol. The molecule has 1 atom stereocenters. The Morgan fingerprint density at radius 2 is 2.04 bits per heavy atom. The summed E-state index contributed by atoms with van der Waals surface area (Å²) in [7, 11) is 0. The van der Waals surface area contributed by atoms with Gasteiger partial charge in [-0.25, -0.2) is 0 Å². The van der Waals surface area contributed by atoms with Crippen LogP contribution in [0.15, 0.2) is 18.2 Å². The van der Waals surface area contributed by atoms with Crippen LogP contribution in [0.2, 0.25) is 0 Å². The van der Waals surface area contributed by atoms with Crippen LogP contribution in [0.1, 0.15) is 53.6 Å². The van der Waals surface area contributed by atoms with Gasteiger partial charge in [-0.3, -0.25) is 19.7 Å². The summed E-state index contributed by atoms with van der Waals surface area (Å²) in [5, 5.41) is 2.31. The molecule has 3 rings (SSSR count). The topological polar surface area (TPSA) is 92.5 Å². The van der Waals surface area contributed by atoms with Crippen molar-refractivity contribution in [1.82, 2.24) is 10.2 Å². The largest absolute Gasteiger partial charge is 0.330 e. The van der Waals surface area contributed by atoms with Crippen molar-refractivity contribution in [1.29, 1.82) is 0 Å². The first-order valence-corrected chi connectivity index (χ1v) is 8.56. The Labute approximate surface area is 158 Å². The molecule has 7 heteroatoms. The second kappa shape index (κ2) is 8.84. The smallest absolute Gasteiger partial charge is 0.255 e. The first-order chi connectivity index (χ1) is 12.1. The summed E-state index contributed by atoms with van der Waals surface area (Å²) in [5.41, 5.74) is 7.81. The van der Waals surface area contributed by atoms with E-state index in [4.69, 9.17) is 5.73 Å². The molecule has 1 aromatic rings. The third-order valence-electron chi connectivity index (χ3n) is 4.51. The molecule has 138 valence electrons. The second-order valence-corrected chi connectivity index (χ2v) is 6.32. The van der Waals surface area contributed by atoms with Gasteiger partial charge in [0.1, 0.15) is 6.04 Å². The molecular formula is C19H22ClN3O3. The number of nitrogens with one attached hydrogen (secondary N) is 1. The van der Waals surface area contributed by atoms with Crippen molar-refractivity contribution in [3.63, 3.8) is 0 Å². The molecule has 1 fully saturated rings. The Morgan fingerprint density at radius 3 is 2.77 bits per heavy atom. The number of hydrogen-bond donors (Lipinski definition) is 2. The van der Waals surface area contributed by atoms with E-state index in [-0.39, 0.29) is 30.6 Å². The van der Waals surface area contributed by atoms with Crippen LogP contribution in [-0.2, 0) is 16.1 Å². The number of nitrogens with zero attached hydrogens (tertiary/aromatic N) is 1. The fraction of sp³-hybridized carbons (Fsp3) is 0.421. The Kier molecular flexibility index (Phi) is 6.78. The van der Waals surface area contributed by atoms with Gasteiger partial charge in [0.15, 0.2) is 0 Å². The Morgan fingerprint density at radius 1 is 1.23 bits per heavy atom. The van der Waals surface area contributed by atoms with Crippen LogP contribution in [0.5, 0.6) is 0 Å². The Balaban J connectivity index is 0.00000243. The number of carbonyl (C=O) groups excluding carboxylic acids is 3. The number of halogens is 1. The van der Waals surface area contributed by atoms with Crippen molar-refractivity contribution in [3.8, 4) is 11.8 Å². The zero-order valence-corrected chi connectivity index (χ0v) is 15.2. The molecule has 0 radical (unpaired) electrons. The zero-order chi connectivity index (χ0) is 17.8. The van der Waals surface area contributed by atoms with E-state index in [2.05, 4.69) is 17.2 Å². The fourth-order valence-corrected chi connectivity index (χ4v) is 3.17. The molecule has 1 saturated heterocycles. The molecule has 1 aromatic carbocycles. The number of amides is 3. The maximum absolute atomic E-state index is 12.6. The number of hydrogen-bond acceptors (Lipinski definition) is 4. The molecule has 2 aliphatic rings. The lowest BCUT2D eigenvalue weighted by atomic mass is 10.0. The highest BCUT2D eigenvalue weighted by atomic mass is 35.5. The standard InChI is InChI=1S/C19H21N3O3.ClH/c20-10-4-2-1-3-5-13-6-7-15-14(11-13)12-22(19(15)25)16-8-9-17(23)21-18(16)24;/h6-7,11,16H,1-2,4,8-10,12,20H2,(H,21,23,24);1H. The normalized spacial score (nSPS) is 18.6. The van der Waals surface area contributed by atoms with Gasteiger partial charge in [0.25, 0.3) is 5.91 Å². The highest BCUT2D eigenvalue weighted by molar-refractivity contribution is 6.05. The van der Waals surface area contributed by atoms with Crippen LogP contribution in [-0.4, -0.2) is 35.2 Å². The first kappa shape index (κ1) is 20.0. The predicted molar refractivity (Wildman–Crippen MR) is 99.5 cm³/mol. The number of carbonyl (C=O) groups is 3. The molecule has 6 nitrogen and oxygen atoms in total. The van der Waals surface area contributed by atoms with Crippen molar-refractivity contribution in [2.24, 2.45) is 5.73 Å². The molecule has 0 saturated carbocycles. The van der Waals surface area contributed by atoms with Gasteiger partial charge in [0.05, 0.1) is 0 Å². The van der Waals surface area contributed by atoms with Crippen LogP contribution in [0.3, 0.4) is 0 Å². The Bertz CT molecular complexity index is 782. The van der Waals surface area contributed by atoms with Gasteiger partial charge in [0, 0.05) is 30.5 Å². The number of fused-ring (bicyclic) bond motifs is 1. The lowest BCUT2D eigenvalue weighted by Gasteiger charge is -2.29. The molecule has 3 amide bonds. The molecule has 0 aliphatic carbocycles. The summed E-state index contributed by atoms with van der Waals surface area (Å²) in [6, 6.07) is 4.94. The van der Waals surface area contributed by atoms with E-state index in [1.165, 1.54) is 0 Å². The van der Waals surface area contributed by atoms with Gasteiger partial charge in [-0.1, -0.05) is 11.8 Å². The van der Waals surface area contributed by atoms with E-state index in [9.17, 15) is 14.4 Å². The van der Waals surface area contributed by atoms with Crippen LogP contribution in [0, 0.1) is 11.8 Å². The van der Waals surface area contributed by atoms with Gasteiger partial charge in [0.2, 0.25) is 11.8 Å². The maximum Gasteiger partial charge on any atom is 0.255 e. The summed E-state index contributed by atoms with van der Waals surface area (Å²) < 4.78 is 0. The second-order valence-electron chi connectivity index (χ2n) is 6.32. The van der Waals surface area contributed by atoms with Gasteiger partial charge >= 0.3 is 0 Å². The van der Waals surface area contributed by atoms with E-state index in [1.807, 2.05) is 12.1 Å². The van der Waals surface area contributed by atoms with Crippen LogP contribution < -0.4 is 11.1 Å². The molecule has 26 heavy (non-hydrogen) atoms. The summed E-state index contributed by atoms with van der Waals surface area (Å²) in [6.07, 6.45) is 3.38. The molecule has 2 heterocycles. The number of piperidine rings is 1. The predicted octanol–water partition coefficient (Wildman–Crippen LogP) is 1.35.